The Morgan fingerprint density at radius 2 is 0.694 bits per heavy atom. The van der Waals surface area contributed by atoms with Crippen LogP contribution >= 0.6 is 0 Å². The molecule has 5 nitrogen and oxygen atoms in total. The van der Waals surface area contributed by atoms with Gasteiger partial charge >= 0.3 is 11.9 Å². The first-order valence-corrected chi connectivity index (χ1v) is 26.5. The highest BCUT2D eigenvalue weighted by atomic mass is 16.6. The average molecular weight is 865 g/mol. The summed E-state index contributed by atoms with van der Waals surface area (Å²) in [5, 5.41) is 9.57. The highest BCUT2D eigenvalue weighted by Crippen LogP contribution is 2.16. The van der Waals surface area contributed by atoms with Crippen LogP contribution < -0.4 is 0 Å². The molecule has 1 atom stereocenters. The Hall–Kier alpha value is -2.66. The number of carbonyl (C=O) groups is 2. The van der Waals surface area contributed by atoms with Crippen LogP contribution in [0.15, 0.2) is 72.9 Å². The van der Waals surface area contributed by atoms with E-state index in [-0.39, 0.29) is 25.2 Å². The standard InChI is InChI=1S/C57H100O5/c1-3-5-7-9-11-13-14-15-16-17-18-19-20-21-22-23-24-25-26-27-28-29-30-31-32-33-34-35-36-37-38-39-40-41-42-44-46-48-50-52-57(60)62-55(53-58)54-61-56(59)51-49-47-45-43-12-10-8-6-4-2/h5,7,11,13,15-16,18-19,21-22,24-25,55,58H,3-4,6,8-10,12,14,17,20,23,26-54H2,1-2H3/b7-5-,13-11-,16-15-,19-18-,22-21-,25-24-. The second-order valence-electron chi connectivity index (χ2n) is 17.6. The van der Waals surface area contributed by atoms with Crippen molar-refractivity contribution < 1.29 is 24.2 Å². The number of hydrogen-bond donors (Lipinski definition) is 1. The lowest BCUT2D eigenvalue weighted by molar-refractivity contribution is -0.161. The fourth-order valence-electron chi connectivity index (χ4n) is 7.56. The van der Waals surface area contributed by atoms with E-state index in [4.69, 9.17) is 9.47 Å². The molecule has 5 heteroatoms. The van der Waals surface area contributed by atoms with Gasteiger partial charge in [0, 0.05) is 12.8 Å². The quantitative estimate of drug-likeness (QED) is 0.0375. The maximum Gasteiger partial charge on any atom is 0.306 e. The zero-order valence-corrected chi connectivity index (χ0v) is 40.9. The minimum atomic E-state index is -0.767. The van der Waals surface area contributed by atoms with Crippen molar-refractivity contribution >= 4 is 11.9 Å². The molecule has 0 aliphatic carbocycles. The molecule has 0 saturated carbocycles. The van der Waals surface area contributed by atoms with Crippen LogP contribution in [0.2, 0.25) is 0 Å². The van der Waals surface area contributed by atoms with Gasteiger partial charge in [0.25, 0.3) is 0 Å². The summed E-state index contributed by atoms with van der Waals surface area (Å²) < 4.78 is 10.6. The Morgan fingerprint density at radius 1 is 0.387 bits per heavy atom. The molecule has 0 aromatic carbocycles. The van der Waals surface area contributed by atoms with E-state index in [9.17, 15) is 14.7 Å². The number of aliphatic hydroxyl groups excluding tert-OH is 1. The van der Waals surface area contributed by atoms with E-state index in [2.05, 4.69) is 86.8 Å². The number of esters is 2. The van der Waals surface area contributed by atoms with Gasteiger partial charge in [0.1, 0.15) is 6.61 Å². The monoisotopic (exact) mass is 865 g/mol. The zero-order valence-electron chi connectivity index (χ0n) is 40.9. The minimum Gasteiger partial charge on any atom is -0.462 e. The van der Waals surface area contributed by atoms with Gasteiger partial charge in [-0.3, -0.25) is 9.59 Å². The molecule has 62 heavy (non-hydrogen) atoms. The molecule has 1 unspecified atom stereocenters. The maximum absolute atomic E-state index is 12.2. The molecule has 0 rings (SSSR count). The highest BCUT2D eigenvalue weighted by molar-refractivity contribution is 5.70. The first kappa shape index (κ1) is 59.3. The largest absolute Gasteiger partial charge is 0.462 e. The normalized spacial score (nSPS) is 12.8. The molecule has 0 amide bonds. The molecule has 0 aromatic rings. The van der Waals surface area contributed by atoms with Crippen molar-refractivity contribution in [2.24, 2.45) is 0 Å². The van der Waals surface area contributed by atoms with E-state index in [0.29, 0.717) is 12.8 Å². The molecule has 0 saturated heterocycles. The van der Waals surface area contributed by atoms with Crippen molar-refractivity contribution in [1.29, 1.82) is 0 Å². The number of ether oxygens (including phenoxy) is 2. The van der Waals surface area contributed by atoms with Gasteiger partial charge in [0.15, 0.2) is 6.10 Å². The first-order valence-electron chi connectivity index (χ1n) is 26.5. The van der Waals surface area contributed by atoms with Crippen LogP contribution in [0.5, 0.6) is 0 Å². The number of allylic oxidation sites excluding steroid dienone is 12. The van der Waals surface area contributed by atoms with E-state index in [1.54, 1.807) is 0 Å². The summed E-state index contributed by atoms with van der Waals surface area (Å²) in [7, 11) is 0. The number of rotatable bonds is 48. The molecule has 0 bridgehead atoms. The van der Waals surface area contributed by atoms with E-state index in [1.807, 2.05) is 0 Å². The molecule has 0 heterocycles. The summed E-state index contributed by atoms with van der Waals surface area (Å²) in [5.41, 5.74) is 0. The predicted octanol–water partition coefficient (Wildman–Crippen LogP) is 17.6. The summed E-state index contributed by atoms with van der Waals surface area (Å²) in [4.78, 5) is 24.3. The lowest BCUT2D eigenvalue weighted by Gasteiger charge is -2.15. The lowest BCUT2D eigenvalue weighted by atomic mass is 10.0. The van der Waals surface area contributed by atoms with E-state index in [0.717, 1.165) is 77.0 Å². The Balaban J connectivity index is 3.41. The predicted molar refractivity (Wildman–Crippen MR) is 270 cm³/mol. The molecule has 1 N–H and O–H groups in total. The van der Waals surface area contributed by atoms with Gasteiger partial charge in [-0.1, -0.05) is 254 Å². The van der Waals surface area contributed by atoms with Crippen molar-refractivity contribution in [1.82, 2.24) is 0 Å². The first-order chi connectivity index (χ1) is 30.6. The van der Waals surface area contributed by atoms with Crippen LogP contribution in [0.1, 0.15) is 258 Å². The van der Waals surface area contributed by atoms with Crippen molar-refractivity contribution in [3.05, 3.63) is 72.9 Å². The Kier molecular flexibility index (Phi) is 50.4. The van der Waals surface area contributed by atoms with E-state index in [1.165, 1.54) is 154 Å². The van der Waals surface area contributed by atoms with Gasteiger partial charge in [-0.15, -0.1) is 0 Å². The van der Waals surface area contributed by atoms with Gasteiger partial charge in [-0.2, -0.15) is 0 Å². The zero-order chi connectivity index (χ0) is 44.9. The second-order valence-corrected chi connectivity index (χ2v) is 17.6. The fourth-order valence-corrected chi connectivity index (χ4v) is 7.56. The SMILES string of the molecule is CC/C=C\C/C=C\C/C=C\C/C=C\C/C=C\C/C=C\CCCCCCCCCCCCCCCCCCCCCCC(=O)OC(CO)COC(=O)CCCCCCCCCCC. The van der Waals surface area contributed by atoms with Crippen LogP contribution in [0, 0.1) is 0 Å². The minimum absolute atomic E-state index is 0.0625. The van der Waals surface area contributed by atoms with Crippen LogP contribution in [-0.2, 0) is 19.1 Å². The summed E-state index contributed by atoms with van der Waals surface area (Å²) in [5.74, 6) is -0.585. The summed E-state index contributed by atoms with van der Waals surface area (Å²) in [6.45, 7) is 4.01. The fraction of sp³-hybridized carbons (Fsp3) is 0.754. The number of carbonyl (C=O) groups excluding carboxylic acids is 2. The van der Waals surface area contributed by atoms with E-state index < -0.39 is 6.10 Å². The Labute approximate surface area is 384 Å². The molecular weight excluding hydrogens is 765 g/mol. The Morgan fingerprint density at radius 3 is 1.05 bits per heavy atom. The third kappa shape index (κ3) is 50.0. The number of aliphatic hydroxyl groups is 1. The molecule has 358 valence electrons. The van der Waals surface area contributed by atoms with E-state index >= 15 is 0 Å². The molecular formula is C57H100O5. The second kappa shape index (κ2) is 52.7. The smallest absolute Gasteiger partial charge is 0.306 e. The van der Waals surface area contributed by atoms with Gasteiger partial charge in [-0.05, 0) is 64.2 Å². The van der Waals surface area contributed by atoms with Crippen LogP contribution in [0.4, 0.5) is 0 Å². The highest BCUT2D eigenvalue weighted by Gasteiger charge is 2.16. The summed E-state index contributed by atoms with van der Waals surface area (Å²) >= 11 is 0. The maximum atomic E-state index is 12.2. The van der Waals surface area contributed by atoms with Crippen LogP contribution in [0.25, 0.3) is 0 Å². The molecule has 0 fully saturated rings. The third-order valence-electron chi connectivity index (χ3n) is 11.5. The van der Waals surface area contributed by atoms with Crippen LogP contribution in [-0.4, -0.2) is 36.4 Å². The van der Waals surface area contributed by atoms with Gasteiger partial charge in [-0.25, -0.2) is 0 Å². The van der Waals surface area contributed by atoms with Gasteiger partial charge in [0.2, 0.25) is 0 Å². The average Bonchev–Trinajstić information content (AvgIpc) is 3.28. The van der Waals surface area contributed by atoms with Crippen LogP contribution in [0.3, 0.4) is 0 Å². The molecule has 0 aliphatic heterocycles. The molecule has 0 spiro atoms. The number of hydrogen-bond acceptors (Lipinski definition) is 5. The van der Waals surface area contributed by atoms with Gasteiger partial charge in [0.05, 0.1) is 6.61 Å². The Bertz CT molecular complexity index is 1110. The summed E-state index contributed by atoms with van der Waals surface area (Å²) in [6, 6.07) is 0. The third-order valence-corrected chi connectivity index (χ3v) is 11.5. The van der Waals surface area contributed by atoms with Crippen molar-refractivity contribution in [2.45, 2.75) is 264 Å². The molecule has 0 aromatic heterocycles. The lowest BCUT2D eigenvalue weighted by Crippen LogP contribution is -2.28. The van der Waals surface area contributed by atoms with Crippen molar-refractivity contribution in [3.63, 3.8) is 0 Å². The summed E-state index contributed by atoms with van der Waals surface area (Å²) in [6.07, 6.45) is 71.8. The number of unbranched alkanes of at least 4 members (excludes halogenated alkanes) is 28. The molecule has 0 radical (unpaired) electrons. The van der Waals surface area contributed by atoms with Crippen molar-refractivity contribution in [2.75, 3.05) is 13.2 Å². The van der Waals surface area contributed by atoms with Gasteiger partial charge < -0.3 is 14.6 Å². The van der Waals surface area contributed by atoms with Crippen molar-refractivity contribution in [3.8, 4) is 0 Å². The topological polar surface area (TPSA) is 72.8 Å². The molecule has 0 aliphatic rings.